The Hall–Kier alpha value is -2.73. The van der Waals surface area contributed by atoms with Crippen molar-refractivity contribution in [3.8, 4) is 0 Å². The smallest absolute Gasteiger partial charge is 0.272 e. The number of pyridine rings is 1. The van der Waals surface area contributed by atoms with Gasteiger partial charge in [-0.15, -0.1) is 0 Å². The number of carbonyl (C=O) groups excluding carboxylic acids is 2. The van der Waals surface area contributed by atoms with Gasteiger partial charge < -0.3 is 15.1 Å². The first kappa shape index (κ1) is 22.5. The van der Waals surface area contributed by atoms with Gasteiger partial charge in [0.1, 0.15) is 5.69 Å². The summed E-state index contributed by atoms with van der Waals surface area (Å²) in [7, 11) is 4.02. The van der Waals surface area contributed by atoms with Crippen molar-refractivity contribution >= 4 is 11.8 Å². The van der Waals surface area contributed by atoms with Crippen LogP contribution in [0.15, 0.2) is 42.5 Å². The summed E-state index contributed by atoms with van der Waals surface area (Å²) in [5.41, 5.74) is 4.14. The number of nitrogens with one attached hydrogen (secondary N) is 1. The standard InChI is InChI=1S/C26H34N4O2/c1-19-7-6-10-23(28-19)25(32)30-14-11-26(12-15-30)18-20(21-8-4-5-9-22(21)26)17-24(31)27-13-16-29(2)3/h4-10,20H,11-18H2,1-3H3,(H,27,31). The van der Waals surface area contributed by atoms with Crippen LogP contribution in [0.5, 0.6) is 0 Å². The Balaban J connectivity index is 1.43. The van der Waals surface area contributed by atoms with Crippen LogP contribution in [0.25, 0.3) is 0 Å². The predicted octanol–water partition coefficient (Wildman–Crippen LogP) is 3.12. The lowest BCUT2D eigenvalue weighted by molar-refractivity contribution is -0.121. The Bertz CT molecular complexity index is 979. The van der Waals surface area contributed by atoms with Crippen LogP contribution < -0.4 is 5.32 Å². The molecule has 170 valence electrons. The monoisotopic (exact) mass is 434 g/mol. The van der Waals surface area contributed by atoms with Crippen LogP contribution in [0.4, 0.5) is 0 Å². The van der Waals surface area contributed by atoms with Crippen LogP contribution in [-0.4, -0.2) is 66.9 Å². The molecule has 0 radical (unpaired) electrons. The molecule has 4 rings (SSSR count). The van der Waals surface area contributed by atoms with Crippen molar-refractivity contribution < 1.29 is 9.59 Å². The van der Waals surface area contributed by atoms with Gasteiger partial charge in [0.2, 0.25) is 5.91 Å². The maximum absolute atomic E-state index is 13.0. The molecule has 2 heterocycles. The Kier molecular flexibility index (Phi) is 6.60. The molecule has 6 heteroatoms. The quantitative estimate of drug-likeness (QED) is 0.759. The number of likely N-dealkylation sites (N-methyl/N-ethyl adjacent to an activating group) is 1. The van der Waals surface area contributed by atoms with Crippen molar-refractivity contribution in [1.82, 2.24) is 20.1 Å². The summed E-state index contributed by atoms with van der Waals surface area (Å²) in [5.74, 6) is 0.389. The molecule has 1 aliphatic carbocycles. The van der Waals surface area contributed by atoms with E-state index in [1.165, 1.54) is 11.1 Å². The van der Waals surface area contributed by atoms with Crippen molar-refractivity contribution in [1.29, 1.82) is 0 Å². The minimum Gasteiger partial charge on any atom is -0.355 e. The van der Waals surface area contributed by atoms with E-state index in [1.807, 2.05) is 38.1 Å². The number of aryl methyl sites for hydroxylation is 1. The van der Waals surface area contributed by atoms with Crippen LogP contribution in [0.1, 0.15) is 58.9 Å². The number of piperidine rings is 1. The van der Waals surface area contributed by atoms with E-state index >= 15 is 0 Å². The molecule has 1 spiro atoms. The highest BCUT2D eigenvalue weighted by Gasteiger charge is 2.46. The zero-order chi connectivity index (χ0) is 22.7. The molecule has 1 fully saturated rings. The summed E-state index contributed by atoms with van der Waals surface area (Å²) >= 11 is 0. The molecule has 32 heavy (non-hydrogen) atoms. The molecule has 0 saturated carbocycles. The maximum Gasteiger partial charge on any atom is 0.272 e. The molecule has 1 atom stereocenters. The fourth-order valence-corrected chi connectivity index (χ4v) is 5.36. The zero-order valence-corrected chi connectivity index (χ0v) is 19.4. The first-order valence-corrected chi connectivity index (χ1v) is 11.6. The van der Waals surface area contributed by atoms with Gasteiger partial charge in [0.25, 0.3) is 5.91 Å². The second kappa shape index (κ2) is 9.41. The molecule has 2 aromatic rings. The van der Waals surface area contributed by atoms with E-state index in [0.717, 1.165) is 44.6 Å². The molecule has 1 saturated heterocycles. The van der Waals surface area contributed by atoms with Gasteiger partial charge in [-0.2, -0.15) is 0 Å². The molecule has 2 amide bonds. The van der Waals surface area contributed by atoms with Gasteiger partial charge in [0.15, 0.2) is 0 Å². The number of amides is 2. The number of fused-ring (bicyclic) bond motifs is 2. The van der Waals surface area contributed by atoms with Gasteiger partial charge in [0, 0.05) is 38.3 Å². The molecule has 6 nitrogen and oxygen atoms in total. The lowest BCUT2D eigenvalue weighted by atomic mass is 9.73. The number of aromatic nitrogens is 1. The van der Waals surface area contributed by atoms with Crippen molar-refractivity contribution in [3.63, 3.8) is 0 Å². The Morgan fingerprint density at radius 1 is 1.12 bits per heavy atom. The summed E-state index contributed by atoms with van der Waals surface area (Å²) < 4.78 is 0. The van der Waals surface area contributed by atoms with Crippen LogP contribution in [-0.2, 0) is 10.2 Å². The number of hydrogen-bond donors (Lipinski definition) is 1. The number of carbonyl (C=O) groups is 2. The van der Waals surface area contributed by atoms with Gasteiger partial charge in [-0.25, -0.2) is 4.98 Å². The molecule has 2 aliphatic rings. The molecule has 0 bridgehead atoms. The predicted molar refractivity (Wildman–Crippen MR) is 126 cm³/mol. The second-order valence-electron chi connectivity index (χ2n) is 9.58. The lowest BCUT2D eigenvalue weighted by Crippen LogP contribution is -2.44. The summed E-state index contributed by atoms with van der Waals surface area (Å²) in [5, 5.41) is 3.07. The van der Waals surface area contributed by atoms with Crippen LogP contribution in [0.2, 0.25) is 0 Å². The summed E-state index contributed by atoms with van der Waals surface area (Å²) in [6, 6.07) is 14.2. The highest BCUT2D eigenvalue weighted by Crippen LogP contribution is 2.52. The maximum atomic E-state index is 13.0. The zero-order valence-electron chi connectivity index (χ0n) is 19.4. The normalized spacial score (nSPS) is 19.2. The van der Waals surface area contributed by atoms with Gasteiger partial charge in [-0.1, -0.05) is 30.3 Å². The molecule has 1 aliphatic heterocycles. The van der Waals surface area contributed by atoms with Crippen molar-refractivity contribution in [2.45, 2.75) is 43.9 Å². The average Bonchev–Trinajstić information content (AvgIpc) is 3.06. The SMILES string of the molecule is Cc1cccc(C(=O)N2CCC3(CC2)CC(CC(=O)NCCN(C)C)c2ccccc23)n1. The number of likely N-dealkylation sites (tertiary alicyclic amines) is 1. The average molecular weight is 435 g/mol. The summed E-state index contributed by atoms with van der Waals surface area (Å²) in [4.78, 5) is 34.0. The molecule has 1 aromatic heterocycles. The van der Waals surface area contributed by atoms with Crippen molar-refractivity contribution in [3.05, 3.63) is 65.0 Å². The molecule has 1 N–H and O–H groups in total. The molecular formula is C26H34N4O2. The Labute approximate surface area is 191 Å². The molecule has 1 unspecified atom stereocenters. The van der Waals surface area contributed by atoms with E-state index in [0.29, 0.717) is 18.7 Å². The summed E-state index contributed by atoms with van der Waals surface area (Å²) in [6.45, 7) is 4.88. The third kappa shape index (κ3) is 4.70. The third-order valence-corrected chi connectivity index (χ3v) is 7.04. The minimum absolute atomic E-state index is 0.0200. The first-order valence-electron chi connectivity index (χ1n) is 11.6. The summed E-state index contributed by atoms with van der Waals surface area (Å²) in [6.07, 6.45) is 3.38. The lowest BCUT2D eigenvalue weighted by Gasteiger charge is -2.40. The third-order valence-electron chi connectivity index (χ3n) is 7.04. The number of rotatable bonds is 6. The Morgan fingerprint density at radius 3 is 2.59 bits per heavy atom. The second-order valence-corrected chi connectivity index (χ2v) is 9.58. The van der Waals surface area contributed by atoms with E-state index in [4.69, 9.17) is 0 Å². The highest BCUT2D eigenvalue weighted by atomic mass is 16.2. The van der Waals surface area contributed by atoms with Crippen molar-refractivity contribution in [2.24, 2.45) is 0 Å². The van der Waals surface area contributed by atoms with E-state index in [2.05, 4.69) is 39.5 Å². The van der Waals surface area contributed by atoms with E-state index < -0.39 is 0 Å². The van der Waals surface area contributed by atoms with Crippen molar-refractivity contribution in [2.75, 3.05) is 40.3 Å². The number of hydrogen-bond acceptors (Lipinski definition) is 4. The number of nitrogens with zero attached hydrogens (tertiary/aromatic N) is 3. The van der Waals surface area contributed by atoms with Gasteiger partial charge in [0.05, 0.1) is 0 Å². The van der Waals surface area contributed by atoms with E-state index in [9.17, 15) is 9.59 Å². The van der Waals surface area contributed by atoms with Gasteiger partial charge in [-0.05, 0) is 74.9 Å². The largest absolute Gasteiger partial charge is 0.355 e. The van der Waals surface area contributed by atoms with Gasteiger partial charge >= 0.3 is 0 Å². The Morgan fingerprint density at radius 2 is 1.88 bits per heavy atom. The van der Waals surface area contributed by atoms with Crippen LogP contribution in [0, 0.1) is 6.92 Å². The first-order chi connectivity index (χ1) is 15.4. The van der Waals surface area contributed by atoms with E-state index in [-0.39, 0.29) is 23.1 Å². The van der Waals surface area contributed by atoms with Crippen LogP contribution in [0.3, 0.4) is 0 Å². The number of benzene rings is 1. The fourth-order valence-electron chi connectivity index (χ4n) is 5.36. The molecular weight excluding hydrogens is 400 g/mol. The molecule has 1 aromatic carbocycles. The van der Waals surface area contributed by atoms with Crippen LogP contribution >= 0.6 is 0 Å². The van der Waals surface area contributed by atoms with E-state index in [1.54, 1.807) is 6.07 Å². The minimum atomic E-state index is 0.0200. The highest BCUT2D eigenvalue weighted by molar-refractivity contribution is 5.92. The topological polar surface area (TPSA) is 65.5 Å². The fraction of sp³-hybridized carbons (Fsp3) is 0.500. The van der Waals surface area contributed by atoms with Gasteiger partial charge in [-0.3, -0.25) is 9.59 Å².